The smallest absolute Gasteiger partial charge is 0.162 e. The topological polar surface area (TPSA) is 39.7 Å². The van der Waals surface area contributed by atoms with Crippen molar-refractivity contribution in [2.45, 2.75) is 25.5 Å². The van der Waals surface area contributed by atoms with Crippen LogP contribution in [0.4, 0.5) is 0 Å². The molecule has 0 aliphatic carbocycles. The van der Waals surface area contributed by atoms with E-state index in [0.29, 0.717) is 17.6 Å². The highest BCUT2D eigenvalue weighted by Crippen LogP contribution is 2.27. The van der Waals surface area contributed by atoms with Crippen LogP contribution in [0.15, 0.2) is 18.2 Å². The molecule has 20 heavy (non-hydrogen) atoms. The summed E-state index contributed by atoms with van der Waals surface area (Å²) in [5.41, 5.74) is 1.15. The lowest BCUT2D eigenvalue weighted by Gasteiger charge is -2.13. The fourth-order valence-electron chi connectivity index (χ4n) is 2.24. The molecule has 0 bridgehead atoms. The molecule has 0 amide bonds. The van der Waals surface area contributed by atoms with Crippen LogP contribution in [-0.2, 0) is 11.3 Å². The standard InChI is InChI=1S/C16H21NO3/c1-3-8-20-15-7-6-13(10-16(15)18-2)11-17-12-14-5-4-9-19-14/h1,6-7,10,14,17H,4-5,8-9,11-12H2,2H3. The third kappa shape index (κ3) is 4.16. The van der Waals surface area contributed by atoms with E-state index < -0.39 is 0 Å². The van der Waals surface area contributed by atoms with Crippen molar-refractivity contribution in [3.63, 3.8) is 0 Å². The summed E-state index contributed by atoms with van der Waals surface area (Å²) >= 11 is 0. The number of methoxy groups -OCH3 is 1. The maximum atomic E-state index is 5.57. The number of terminal acetylenes is 1. The highest BCUT2D eigenvalue weighted by molar-refractivity contribution is 5.43. The van der Waals surface area contributed by atoms with Crippen molar-refractivity contribution in [1.82, 2.24) is 5.32 Å². The van der Waals surface area contributed by atoms with Crippen LogP contribution in [-0.4, -0.2) is 33.0 Å². The van der Waals surface area contributed by atoms with Crippen LogP contribution < -0.4 is 14.8 Å². The fourth-order valence-corrected chi connectivity index (χ4v) is 2.24. The summed E-state index contributed by atoms with van der Waals surface area (Å²) in [5, 5.41) is 3.40. The molecule has 1 fully saturated rings. The van der Waals surface area contributed by atoms with E-state index in [0.717, 1.165) is 31.7 Å². The molecule has 108 valence electrons. The van der Waals surface area contributed by atoms with Crippen molar-refractivity contribution in [2.75, 3.05) is 26.9 Å². The van der Waals surface area contributed by atoms with Crippen LogP contribution in [0.1, 0.15) is 18.4 Å². The van der Waals surface area contributed by atoms with Crippen LogP contribution in [0.25, 0.3) is 0 Å². The second-order valence-corrected chi connectivity index (χ2v) is 4.74. The van der Waals surface area contributed by atoms with Gasteiger partial charge >= 0.3 is 0 Å². The Morgan fingerprint density at radius 2 is 2.35 bits per heavy atom. The second kappa shape index (κ2) is 7.78. The Morgan fingerprint density at radius 1 is 1.45 bits per heavy atom. The minimum absolute atomic E-state index is 0.243. The van der Waals surface area contributed by atoms with Gasteiger partial charge in [0.1, 0.15) is 6.61 Å². The summed E-state index contributed by atoms with van der Waals surface area (Å²) < 4.78 is 16.3. The zero-order valence-corrected chi connectivity index (χ0v) is 11.9. The molecular formula is C16H21NO3. The molecule has 1 unspecified atom stereocenters. The lowest BCUT2D eigenvalue weighted by molar-refractivity contribution is 0.110. The molecule has 1 aliphatic rings. The molecule has 0 radical (unpaired) electrons. The summed E-state index contributed by atoms with van der Waals surface area (Å²) in [6.45, 7) is 2.80. The van der Waals surface area contributed by atoms with Crippen LogP contribution >= 0.6 is 0 Å². The average molecular weight is 275 g/mol. The van der Waals surface area contributed by atoms with E-state index in [1.54, 1.807) is 7.11 Å². The predicted molar refractivity (Wildman–Crippen MR) is 78.0 cm³/mol. The lowest BCUT2D eigenvalue weighted by Crippen LogP contribution is -2.25. The van der Waals surface area contributed by atoms with E-state index >= 15 is 0 Å². The fraction of sp³-hybridized carbons (Fsp3) is 0.500. The SMILES string of the molecule is C#CCOc1ccc(CNCC2CCCO2)cc1OC. The molecule has 1 aromatic rings. The van der Waals surface area contributed by atoms with Gasteiger partial charge in [-0.15, -0.1) is 6.42 Å². The molecule has 1 aliphatic heterocycles. The van der Waals surface area contributed by atoms with E-state index in [-0.39, 0.29) is 6.61 Å². The molecule has 1 saturated heterocycles. The normalized spacial score (nSPS) is 17.7. The molecule has 0 saturated carbocycles. The molecule has 0 spiro atoms. The van der Waals surface area contributed by atoms with Gasteiger partial charge in [-0.25, -0.2) is 0 Å². The van der Waals surface area contributed by atoms with Gasteiger partial charge < -0.3 is 19.5 Å². The number of hydrogen-bond donors (Lipinski definition) is 1. The lowest BCUT2D eigenvalue weighted by atomic mass is 10.2. The molecule has 2 rings (SSSR count). The van der Waals surface area contributed by atoms with E-state index in [1.807, 2.05) is 18.2 Å². The van der Waals surface area contributed by atoms with E-state index in [9.17, 15) is 0 Å². The maximum Gasteiger partial charge on any atom is 0.162 e. The van der Waals surface area contributed by atoms with E-state index in [1.165, 1.54) is 6.42 Å². The largest absolute Gasteiger partial charge is 0.493 e. The summed E-state index contributed by atoms with van der Waals surface area (Å²) in [5.74, 6) is 3.82. The number of hydrogen-bond acceptors (Lipinski definition) is 4. The van der Waals surface area contributed by atoms with Crippen molar-refractivity contribution < 1.29 is 14.2 Å². The Bertz CT molecular complexity index is 461. The van der Waals surface area contributed by atoms with Gasteiger partial charge in [0.25, 0.3) is 0 Å². The van der Waals surface area contributed by atoms with Gasteiger partial charge in [0.2, 0.25) is 0 Å². The third-order valence-electron chi connectivity index (χ3n) is 3.26. The summed E-state index contributed by atoms with van der Waals surface area (Å²) in [6.07, 6.45) is 7.86. The predicted octanol–water partition coefficient (Wildman–Crippen LogP) is 1.98. The number of ether oxygens (including phenoxy) is 3. The molecule has 1 aromatic carbocycles. The number of rotatable bonds is 7. The van der Waals surface area contributed by atoms with Crippen LogP contribution in [0.5, 0.6) is 11.5 Å². The summed E-state index contributed by atoms with van der Waals surface area (Å²) in [7, 11) is 1.63. The van der Waals surface area contributed by atoms with E-state index in [2.05, 4.69) is 11.2 Å². The van der Waals surface area contributed by atoms with Crippen molar-refractivity contribution in [3.05, 3.63) is 23.8 Å². The van der Waals surface area contributed by atoms with Crippen molar-refractivity contribution >= 4 is 0 Å². The van der Waals surface area contributed by atoms with Crippen LogP contribution in [0.2, 0.25) is 0 Å². The second-order valence-electron chi connectivity index (χ2n) is 4.74. The quantitative estimate of drug-likeness (QED) is 0.772. The molecular weight excluding hydrogens is 254 g/mol. The van der Waals surface area contributed by atoms with Gasteiger partial charge in [0, 0.05) is 19.7 Å². The number of nitrogens with one attached hydrogen (secondary N) is 1. The molecule has 1 heterocycles. The Balaban J connectivity index is 1.86. The molecule has 4 heteroatoms. The van der Waals surface area contributed by atoms with Crippen molar-refractivity contribution in [1.29, 1.82) is 0 Å². The summed E-state index contributed by atoms with van der Waals surface area (Å²) in [6, 6.07) is 5.87. The van der Waals surface area contributed by atoms with Gasteiger partial charge in [-0.2, -0.15) is 0 Å². The van der Waals surface area contributed by atoms with Gasteiger partial charge in [0.05, 0.1) is 13.2 Å². The Hall–Kier alpha value is -1.70. The first kappa shape index (κ1) is 14.7. The van der Waals surface area contributed by atoms with Crippen molar-refractivity contribution in [3.8, 4) is 23.8 Å². The minimum atomic E-state index is 0.243. The van der Waals surface area contributed by atoms with Crippen LogP contribution in [0, 0.1) is 12.3 Å². The van der Waals surface area contributed by atoms with Crippen molar-refractivity contribution in [2.24, 2.45) is 0 Å². The first-order valence-corrected chi connectivity index (χ1v) is 6.89. The van der Waals surface area contributed by atoms with Gasteiger partial charge in [-0.05, 0) is 30.5 Å². The van der Waals surface area contributed by atoms with Crippen LogP contribution in [0.3, 0.4) is 0 Å². The molecule has 4 nitrogen and oxygen atoms in total. The highest BCUT2D eigenvalue weighted by atomic mass is 16.5. The zero-order valence-electron chi connectivity index (χ0n) is 11.9. The molecule has 1 N–H and O–H groups in total. The Kier molecular flexibility index (Phi) is 5.72. The van der Waals surface area contributed by atoms with E-state index in [4.69, 9.17) is 20.6 Å². The van der Waals surface area contributed by atoms with Gasteiger partial charge in [-0.3, -0.25) is 0 Å². The monoisotopic (exact) mass is 275 g/mol. The maximum absolute atomic E-state index is 5.57. The van der Waals surface area contributed by atoms with Gasteiger partial charge in [-0.1, -0.05) is 12.0 Å². The van der Waals surface area contributed by atoms with Gasteiger partial charge in [0.15, 0.2) is 11.5 Å². The molecule has 1 atom stereocenters. The first-order valence-electron chi connectivity index (χ1n) is 6.89. The zero-order chi connectivity index (χ0) is 14.2. The number of benzene rings is 1. The molecule has 0 aromatic heterocycles. The Labute approximate surface area is 120 Å². The third-order valence-corrected chi connectivity index (χ3v) is 3.26. The average Bonchev–Trinajstić information content (AvgIpc) is 2.99. The minimum Gasteiger partial charge on any atom is -0.493 e. The first-order chi connectivity index (χ1) is 9.83. The Morgan fingerprint density at radius 3 is 3.05 bits per heavy atom. The highest BCUT2D eigenvalue weighted by Gasteiger charge is 2.14. The summed E-state index contributed by atoms with van der Waals surface area (Å²) in [4.78, 5) is 0.